The third-order valence-electron chi connectivity index (χ3n) is 3.41. The maximum atomic E-state index is 9.79. The van der Waals surface area contributed by atoms with Crippen molar-refractivity contribution in [3.8, 4) is 5.75 Å². The van der Waals surface area contributed by atoms with E-state index in [-0.39, 0.29) is 5.75 Å². The number of para-hydroxylation sites is 1. The van der Waals surface area contributed by atoms with Crippen LogP contribution < -0.4 is 5.01 Å². The number of phenolic OH excluding ortho intramolecular Hbond substituents is 1. The van der Waals surface area contributed by atoms with E-state index < -0.39 is 0 Å². The van der Waals surface area contributed by atoms with E-state index in [0.717, 1.165) is 25.1 Å². The summed E-state index contributed by atoms with van der Waals surface area (Å²) in [5.74, 6) is 0.184. The van der Waals surface area contributed by atoms with Gasteiger partial charge in [-0.2, -0.15) is 5.10 Å². The van der Waals surface area contributed by atoms with Gasteiger partial charge < -0.3 is 5.11 Å². The molecule has 1 N–H and O–H groups in total. The summed E-state index contributed by atoms with van der Waals surface area (Å²) in [5.41, 5.74) is 3.07. The molecule has 20 heavy (non-hydrogen) atoms. The van der Waals surface area contributed by atoms with Gasteiger partial charge in [0.05, 0.1) is 11.9 Å². The van der Waals surface area contributed by atoms with Crippen molar-refractivity contribution in [3.05, 3.63) is 58.6 Å². The van der Waals surface area contributed by atoms with Crippen LogP contribution in [0.4, 0.5) is 5.69 Å². The molecular weight excluding hydrogens is 272 g/mol. The SMILES string of the molecule is Oc1ccc(Cl)cc1C=NN1CCCc2ccccc21. The largest absolute Gasteiger partial charge is 0.507 e. The summed E-state index contributed by atoms with van der Waals surface area (Å²) in [5, 5.41) is 16.8. The normalized spacial score (nSPS) is 14.6. The molecule has 4 heteroatoms. The summed E-state index contributed by atoms with van der Waals surface area (Å²) in [6.45, 7) is 0.884. The molecule has 0 spiro atoms. The first kappa shape index (κ1) is 13.0. The molecule has 2 aromatic rings. The highest BCUT2D eigenvalue weighted by molar-refractivity contribution is 6.30. The third kappa shape index (κ3) is 2.63. The molecule has 0 fully saturated rings. The summed E-state index contributed by atoms with van der Waals surface area (Å²) in [6.07, 6.45) is 3.82. The van der Waals surface area contributed by atoms with Gasteiger partial charge in [0.25, 0.3) is 0 Å². The highest BCUT2D eigenvalue weighted by Crippen LogP contribution is 2.27. The van der Waals surface area contributed by atoms with Crippen molar-refractivity contribution < 1.29 is 5.11 Å². The minimum absolute atomic E-state index is 0.184. The van der Waals surface area contributed by atoms with Crippen LogP contribution in [-0.4, -0.2) is 17.9 Å². The van der Waals surface area contributed by atoms with Crippen LogP contribution in [0, 0.1) is 0 Å². The zero-order chi connectivity index (χ0) is 13.9. The van der Waals surface area contributed by atoms with Crippen molar-refractivity contribution in [1.29, 1.82) is 0 Å². The van der Waals surface area contributed by atoms with Crippen LogP contribution in [0.5, 0.6) is 5.75 Å². The molecule has 3 nitrogen and oxygen atoms in total. The lowest BCUT2D eigenvalue weighted by molar-refractivity contribution is 0.474. The number of benzene rings is 2. The molecule has 3 rings (SSSR count). The number of nitrogens with zero attached hydrogens (tertiary/aromatic N) is 2. The van der Waals surface area contributed by atoms with Gasteiger partial charge in [0, 0.05) is 17.1 Å². The Balaban J connectivity index is 1.88. The van der Waals surface area contributed by atoms with Crippen LogP contribution in [0.3, 0.4) is 0 Å². The van der Waals surface area contributed by atoms with Crippen LogP contribution in [0.1, 0.15) is 17.5 Å². The number of halogens is 1. The molecule has 0 saturated carbocycles. The number of fused-ring (bicyclic) bond motifs is 1. The van der Waals surface area contributed by atoms with Gasteiger partial charge in [-0.05, 0) is 42.7 Å². The average Bonchev–Trinajstić information content (AvgIpc) is 2.48. The minimum Gasteiger partial charge on any atom is -0.507 e. The molecular formula is C16H15ClN2O. The quantitative estimate of drug-likeness (QED) is 0.852. The maximum absolute atomic E-state index is 9.79. The molecule has 102 valence electrons. The predicted molar refractivity (Wildman–Crippen MR) is 82.8 cm³/mol. The Labute approximate surface area is 123 Å². The van der Waals surface area contributed by atoms with Crippen molar-refractivity contribution in [1.82, 2.24) is 0 Å². The lowest BCUT2D eigenvalue weighted by Gasteiger charge is -2.26. The highest BCUT2D eigenvalue weighted by atomic mass is 35.5. The first-order valence-corrected chi connectivity index (χ1v) is 7.00. The van der Waals surface area contributed by atoms with Gasteiger partial charge in [-0.1, -0.05) is 29.8 Å². The van der Waals surface area contributed by atoms with Crippen LogP contribution in [0.2, 0.25) is 5.02 Å². The van der Waals surface area contributed by atoms with Crippen molar-refractivity contribution in [2.75, 3.05) is 11.6 Å². The number of phenols is 1. The lowest BCUT2D eigenvalue weighted by atomic mass is 10.0. The van der Waals surface area contributed by atoms with Crippen molar-refractivity contribution in [3.63, 3.8) is 0 Å². The van der Waals surface area contributed by atoms with Gasteiger partial charge in [-0.15, -0.1) is 0 Å². The summed E-state index contributed by atoms with van der Waals surface area (Å²) >= 11 is 5.93. The van der Waals surface area contributed by atoms with Crippen molar-refractivity contribution in [2.45, 2.75) is 12.8 Å². The predicted octanol–water partition coefficient (Wildman–Crippen LogP) is 3.83. The first-order valence-electron chi connectivity index (χ1n) is 6.62. The van der Waals surface area contributed by atoms with Crippen molar-refractivity contribution >= 4 is 23.5 Å². The van der Waals surface area contributed by atoms with E-state index in [1.807, 2.05) is 11.1 Å². The van der Waals surface area contributed by atoms with Gasteiger partial charge >= 0.3 is 0 Å². The fourth-order valence-electron chi connectivity index (χ4n) is 2.39. The van der Waals surface area contributed by atoms with E-state index in [2.05, 4.69) is 23.3 Å². The van der Waals surface area contributed by atoms with Crippen molar-refractivity contribution in [2.24, 2.45) is 5.10 Å². The second-order valence-electron chi connectivity index (χ2n) is 4.80. The summed E-state index contributed by atoms with van der Waals surface area (Å²) < 4.78 is 0. The summed E-state index contributed by atoms with van der Waals surface area (Å²) in [7, 11) is 0. The maximum Gasteiger partial charge on any atom is 0.124 e. The molecule has 0 amide bonds. The number of hydrazone groups is 1. The Morgan fingerprint density at radius 2 is 2.05 bits per heavy atom. The molecule has 0 aliphatic carbocycles. The van der Waals surface area contributed by atoms with Gasteiger partial charge in [0.1, 0.15) is 5.75 Å². The van der Waals surface area contributed by atoms with E-state index in [4.69, 9.17) is 11.6 Å². The molecule has 1 aliphatic heterocycles. The zero-order valence-electron chi connectivity index (χ0n) is 11.0. The molecule has 0 bridgehead atoms. The topological polar surface area (TPSA) is 35.8 Å². The molecule has 0 unspecified atom stereocenters. The molecule has 0 radical (unpaired) electrons. The third-order valence-corrected chi connectivity index (χ3v) is 3.65. The average molecular weight is 287 g/mol. The van der Waals surface area contributed by atoms with E-state index in [1.54, 1.807) is 24.4 Å². The molecule has 1 heterocycles. The summed E-state index contributed by atoms with van der Waals surface area (Å²) in [6, 6.07) is 13.2. The number of aryl methyl sites for hydroxylation is 1. The van der Waals surface area contributed by atoms with Gasteiger partial charge in [0.2, 0.25) is 0 Å². The Bertz CT molecular complexity index is 655. The van der Waals surface area contributed by atoms with E-state index in [1.165, 1.54) is 5.56 Å². The van der Waals surface area contributed by atoms with Crippen LogP contribution in [0.15, 0.2) is 47.6 Å². The minimum atomic E-state index is 0.184. The second-order valence-corrected chi connectivity index (χ2v) is 5.24. The molecule has 2 aromatic carbocycles. The number of aromatic hydroxyl groups is 1. The Hall–Kier alpha value is -2.00. The molecule has 0 atom stereocenters. The number of rotatable bonds is 2. The lowest BCUT2D eigenvalue weighted by Crippen LogP contribution is -2.24. The van der Waals surface area contributed by atoms with Gasteiger partial charge in [0.15, 0.2) is 0 Å². The second kappa shape index (κ2) is 5.55. The number of hydrogen-bond acceptors (Lipinski definition) is 3. The Morgan fingerprint density at radius 1 is 1.20 bits per heavy atom. The number of anilines is 1. The monoisotopic (exact) mass is 286 g/mol. The summed E-state index contributed by atoms with van der Waals surface area (Å²) in [4.78, 5) is 0. The first-order chi connectivity index (χ1) is 9.74. The van der Waals surface area contributed by atoms with Crippen LogP contribution in [0.25, 0.3) is 0 Å². The molecule has 0 saturated heterocycles. The zero-order valence-corrected chi connectivity index (χ0v) is 11.7. The van der Waals surface area contributed by atoms with E-state index in [0.29, 0.717) is 10.6 Å². The Kier molecular flexibility index (Phi) is 3.61. The van der Waals surface area contributed by atoms with Crippen LogP contribution >= 0.6 is 11.6 Å². The fourth-order valence-corrected chi connectivity index (χ4v) is 2.57. The smallest absolute Gasteiger partial charge is 0.124 e. The van der Waals surface area contributed by atoms with Gasteiger partial charge in [-0.25, -0.2) is 0 Å². The fraction of sp³-hybridized carbons (Fsp3) is 0.188. The standard InChI is InChI=1S/C16H15ClN2O/c17-14-7-8-16(20)13(10-14)11-18-19-9-3-5-12-4-1-2-6-15(12)19/h1-2,4,6-8,10-11,20H,3,5,9H2. The van der Waals surface area contributed by atoms with E-state index in [9.17, 15) is 5.11 Å². The highest BCUT2D eigenvalue weighted by Gasteiger charge is 2.14. The number of hydrogen-bond donors (Lipinski definition) is 1. The molecule has 0 aromatic heterocycles. The van der Waals surface area contributed by atoms with E-state index >= 15 is 0 Å². The molecule has 1 aliphatic rings. The van der Waals surface area contributed by atoms with Gasteiger partial charge in [-0.3, -0.25) is 5.01 Å². The Morgan fingerprint density at radius 3 is 2.95 bits per heavy atom. The van der Waals surface area contributed by atoms with Crippen LogP contribution in [-0.2, 0) is 6.42 Å².